The number of carbonyl (C=O) groups excluding carboxylic acids is 1. The number of benzene rings is 2. The first-order chi connectivity index (χ1) is 17.7. The van der Waals surface area contributed by atoms with E-state index in [-0.39, 0.29) is 22.1 Å². The summed E-state index contributed by atoms with van der Waals surface area (Å²) in [6.07, 6.45) is 7.31. The Bertz CT molecular complexity index is 1170. The van der Waals surface area contributed by atoms with Gasteiger partial charge in [-0.05, 0) is 49.2 Å². The smallest absolute Gasteiger partial charge is 0.253 e. The Morgan fingerprint density at radius 2 is 1.49 bits per heavy atom. The van der Waals surface area contributed by atoms with Crippen molar-refractivity contribution >= 4 is 21.6 Å². The van der Waals surface area contributed by atoms with E-state index in [0.29, 0.717) is 24.5 Å². The number of sulfonamides is 1. The van der Waals surface area contributed by atoms with Gasteiger partial charge < -0.3 is 14.5 Å². The van der Waals surface area contributed by atoms with E-state index in [1.54, 1.807) is 44.7 Å². The van der Waals surface area contributed by atoms with Gasteiger partial charge in [0.2, 0.25) is 10.0 Å². The Labute approximate surface area is 221 Å². The van der Waals surface area contributed by atoms with E-state index in [1.165, 1.54) is 11.0 Å². The van der Waals surface area contributed by atoms with Crippen LogP contribution in [-0.4, -0.2) is 51.4 Å². The van der Waals surface area contributed by atoms with Gasteiger partial charge in [-0.3, -0.25) is 9.78 Å². The summed E-state index contributed by atoms with van der Waals surface area (Å²) in [6, 6.07) is 17.7. The highest BCUT2D eigenvalue weighted by Crippen LogP contribution is 2.39. The molecule has 8 nitrogen and oxygen atoms in total. The second-order valence-corrected chi connectivity index (χ2v) is 10.2. The van der Waals surface area contributed by atoms with Crippen LogP contribution in [0.15, 0.2) is 78.0 Å². The highest BCUT2D eigenvalue weighted by atomic mass is 32.2. The molecule has 0 fully saturated rings. The Morgan fingerprint density at radius 1 is 0.919 bits per heavy atom. The standard InChI is InChI=1S/C23H33N3O4S.C5H5N/c1-5-7-14-26(15-8-6-2)20-16-18(23(27)25(3)4)17-21(31(24,28)29)22(20)30-19-12-10-9-11-13-19;1-2-4-6-5-3-1/h9-13,16-17H,5-8,14-15H2,1-4H3,(H2,24,28,29);1-5H. The Hall–Kier alpha value is -3.43. The van der Waals surface area contributed by atoms with E-state index in [0.717, 1.165) is 25.7 Å². The third-order valence-electron chi connectivity index (χ3n) is 5.43. The molecule has 1 aromatic heterocycles. The molecule has 3 aromatic rings. The monoisotopic (exact) mass is 526 g/mol. The lowest BCUT2D eigenvalue weighted by molar-refractivity contribution is 0.0827. The molecule has 2 N–H and O–H groups in total. The van der Waals surface area contributed by atoms with Crippen molar-refractivity contribution in [3.05, 3.63) is 78.6 Å². The third-order valence-corrected chi connectivity index (χ3v) is 6.34. The van der Waals surface area contributed by atoms with E-state index in [2.05, 4.69) is 23.7 Å². The van der Waals surface area contributed by atoms with Gasteiger partial charge in [-0.25, -0.2) is 13.6 Å². The van der Waals surface area contributed by atoms with Gasteiger partial charge in [0.1, 0.15) is 10.6 Å². The minimum atomic E-state index is -4.15. The number of hydrogen-bond donors (Lipinski definition) is 1. The van der Waals surface area contributed by atoms with Crippen molar-refractivity contribution in [2.24, 2.45) is 5.14 Å². The number of ether oxygens (including phenoxy) is 1. The molecule has 0 spiro atoms. The van der Waals surface area contributed by atoms with Crippen LogP contribution in [0.3, 0.4) is 0 Å². The normalized spacial score (nSPS) is 10.7. The lowest BCUT2D eigenvalue weighted by Gasteiger charge is -2.28. The first-order valence-electron chi connectivity index (χ1n) is 12.4. The van der Waals surface area contributed by atoms with Gasteiger partial charge in [-0.15, -0.1) is 0 Å². The van der Waals surface area contributed by atoms with Crippen LogP contribution in [0.2, 0.25) is 0 Å². The lowest BCUT2D eigenvalue weighted by Crippen LogP contribution is -2.28. The van der Waals surface area contributed by atoms with Crippen molar-refractivity contribution < 1.29 is 17.9 Å². The fourth-order valence-electron chi connectivity index (χ4n) is 3.49. The molecule has 0 saturated carbocycles. The summed E-state index contributed by atoms with van der Waals surface area (Å²) in [5.41, 5.74) is 0.810. The molecule has 0 radical (unpaired) electrons. The summed E-state index contributed by atoms with van der Waals surface area (Å²) < 4.78 is 31.2. The number of pyridine rings is 1. The fourth-order valence-corrected chi connectivity index (χ4v) is 4.18. The summed E-state index contributed by atoms with van der Waals surface area (Å²) in [5, 5.41) is 5.57. The highest BCUT2D eigenvalue weighted by Gasteiger charge is 2.26. The van der Waals surface area contributed by atoms with E-state index >= 15 is 0 Å². The minimum Gasteiger partial charge on any atom is -0.454 e. The predicted molar refractivity (Wildman–Crippen MR) is 149 cm³/mol. The van der Waals surface area contributed by atoms with Gasteiger partial charge in [0.25, 0.3) is 5.91 Å². The van der Waals surface area contributed by atoms with Gasteiger partial charge in [-0.1, -0.05) is 51.0 Å². The lowest BCUT2D eigenvalue weighted by atomic mass is 10.1. The molecule has 2 aromatic carbocycles. The summed E-state index contributed by atoms with van der Waals surface area (Å²) in [5.74, 6) is 0.339. The Balaban J connectivity index is 0.000000700. The molecular weight excluding hydrogens is 488 g/mol. The number of carbonyl (C=O) groups is 1. The van der Waals surface area contributed by atoms with Crippen LogP contribution in [0.25, 0.3) is 0 Å². The van der Waals surface area contributed by atoms with E-state index < -0.39 is 10.0 Å². The van der Waals surface area contributed by atoms with Crippen LogP contribution in [0, 0.1) is 0 Å². The van der Waals surface area contributed by atoms with Crippen molar-refractivity contribution in [3.8, 4) is 11.5 Å². The van der Waals surface area contributed by atoms with Gasteiger partial charge in [0.05, 0.1) is 5.69 Å². The van der Waals surface area contributed by atoms with Crippen LogP contribution in [0.4, 0.5) is 5.69 Å². The third kappa shape index (κ3) is 9.51. The van der Waals surface area contributed by atoms with E-state index in [4.69, 9.17) is 9.88 Å². The van der Waals surface area contributed by atoms with Crippen LogP contribution in [0.5, 0.6) is 11.5 Å². The van der Waals surface area contributed by atoms with Crippen molar-refractivity contribution in [2.75, 3.05) is 32.1 Å². The number of aromatic nitrogens is 1. The molecule has 0 aliphatic heterocycles. The molecule has 0 atom stereocenters. The Kier molecular flexibility index (Phi) is 12.1. The molecule has 0 bridgehead atoms. The molecule has 9 heteroatoms. The van der Waals surface area contributed by atoms with Gasteiger partial charge in [0, 0.05) is 45.1 Å². The van der Waals surface area contributed by atoms with Crippen LogP contribution >= 0.6 is 0 Å². The number of primary sulfonamides is 1. The number of rotatable bonds is 11. The number of nitrogens with two attached hydrogens (primary N) is 1. The molecule has 37 heavy (non-hydrogen) atoms. The van der Waals surface area contributed by atoms with E-state index in [9.17, 15) is 13.2 Å². The molecule has 1 amide bonds. The zero-order chi connectivity index (χ0) is 27.3. The van der Waals surface area contributed by atoms with Crippen LogP contribution in [0.1, 0.15) is 49.9 Å². The number of unbranched alkanes of at least 4 members (excludes halogenated alkanes) is 2. The minimum absolute atomic E-state index is 0.149. The number of para-hydroxylation sites is 1. The maximum Gasteiger partial charge on any atom is 0.253 e. The summed E-state index contributed by atoms with van der Waals surface area (Å²) in [7, 11) is -0.907. The molecule has 200 valence electrons. The summed E-state index contributed by atoms with van der Waals surface area (Å²) >= 11 is 0. The first kappa shape index (κ1) is 29.8. The summed E-state index contributed by atoms with van der Waals surface area (Å²) in [6.45, 7) is 5.62. The highest BCUT2D eigenvalue weighted by molar-refractivity contribution is 7.89. The SMILES string of the molecule is CCCCN(CCCC)c1cc(C(=O)N(C)C)cc(S(N)(=O)=O)c1Oc1ccccc1.c1ccncc1. The maximum absolute atomic E-state index is 12.7. The molecule has 0 unspecified atom stereocenters. The molecular formula is C28H38N4O4S. The second kappa shape index (κ2) is 15.0. The number of hydrogen-bond acceptors (Lipinski definition) is 6. The largest absolute Gasteiger partial charge is 0.454 e. The number of anilines is 1. The van der Waals surface area contributed by atoms with Crippen molar-refractivity contribution in [2.45, 2.75) is 44.4 Å². The van der Waals surface area contributed by atoms with Crippen molar-refractivity contribution in [1.29, 1.82) is 0 Å². The van der Waals surface area contributed by atoms with E-state index in [1.807, 2.05) is 36.4 Å². The molecule has 0 aliphatic rings. The average Bonchev–Trinajstić information content (AvgIpc) is 2.90. The topological polar surface area (TPSA) is 106 Å². The molecule has 0 aliphatic carbocycles. The van der Waals surface area contributed by atoms with Gasteiger partial charge >= 0.3 is 0 Å². The fraction of sp³-hybridized carbons (Fsp3) is 0.357. The zero-order valence-electron chi connectivity index (χ0n) is 22.1. The maximum atomic E-state index is 12.7. The average molecular weight is 527 g/mol. The zero-order valence-corrected chi connectivity index (χ0v) is 22.9. The van der Waals surface area contributed by atoms with Crippen molar-refractivity contribution in [3.63, 3.8) is 0 Å². The predicted octanol–water partition coefficient (Wildman–Crippen LogP) is 5.32. The quantitative estimate of drug-likeness (QED) is 0.363. The van der Waals surface area contributed by atoms with Crippen LogP contribution in [-0.2, 0) is 10.0 Å². The van der Waals surface area contributed by atoms with Crippen molar-refractivity contribution in [1.82, 2.24) is 9.88 Å². The van der Waals surface area contributed by atoms with Crippen LogP contribution < -0.4 is 14.8 Å². The Morgan fingerprint density at radius 3 is 1.92 bits per heavy atom. The second-order valence-electron chi connectivity index (χ2n) is 8.70. The molecule has 0 saturated heterocycles. The summed E-state index contributed by atoms with van der Waals surface area (Å²) in [4.78, 5) is 19.8. The first-order valence-corrected chi connectivity index (χ1v) is 14.0. The van der Waals surface area contributed by atoms with Gasteiger partial charge in [0.15, 0.2) is 5.75 Å². The molecule has 1 heterocycles. The van der Waals surface area contributed by atoms with Gasteiger partial charge in [-0.2, -0.15) is 0 Å². The number of amides is 1. The number of nitrogens with zero attached hydrogens (tertiary/aromatic N) is 3. The molecule has 3 rings (SSSR count).